The molecule has 1 aliphatic carbocycles. The molecule has 1 aromatic rings. The minimum atomic E-state index is 0. The van der Waals surface area contributed by atoms with Crippen molar-refractivity contribution in [3.05, 3.63) is 28.8 Å². The highest BCUT2D eigenvalue weighted by Crippen LogP contribution is 2.43. The van der Waals surface area contributed by atoms with Gasteiger partial charge >= 0.3 is 0 Å². The zero-order valence-electron chi connectivity index (χ0n) is 7.09. The number of hydrogen-bond donors (Lipinski definition) is 2. The zero-order valence-corrected chi connectivity index (χ0v) is 8.66. The van der Waals surface area contributed by atoms with E-state index in [2.05, 4.69) is 11.5 Å². The summed E-state index contributed by atoms with van der Waals surface area (Å²) in [6.45, 7) is 0. The maximum atomic E-state index is 5.83. The van der Waals surface area contributed by atoms with Gasteiger partial charge in [-0.15, -0.1) is 12.4 Å². The van der Waals surface area contributed by atoms with Crippen LogP contribution in [0.4, 0.5) is 5.69 Å². The molecule has 1 aliphatic rings. The molecule has 0 atom stereocenters. The lowest BCUT2D eigenvalue weighted by Gasteiger charge is -2.07. The third kappa shape index (κ3) is 2.27. The Morgan fingerprint density at radius 3 is 2.62 bits per heavy atom. The second-order valence-electron chi connectivity index (χ2n) is 3.15. The molecule has 0 heterocycles. The molecule has 0 saturated heterocycles. The molecule has 0 bridgehead atoms. The van der Waals surface area contributed by atoms with Crippen molar-refractivity contribution in [1.82, 2.24) is 0 Å². The van der Waals surface area contributed by atoms with Gasteiger partial charge in [0.2, 0.25) is 0 Å². The van der Waals surface area contributed by atoms with Crippen molar-refractivity contribution < 1.29 is 0 Å². The highest BCUT2D eigenvalue weighted by Gasteiger charge is 2.25. The van der Waals surface area contributed by atoms with Gasteiger partial charge in [-0.25, -0.2) is 0 Å². The molecule has 13 heavy (non-hydrogen) atoms. The van der Waals surface area contributed by atoms with E-state index >= 15 is 0 Å². The Bertz CT molecular complexity index is 298. The number of benzene rings is 1. The van der Waals surface area contributed by atoms with Crippen molar-refractivity contribution in [3.63, 3.8) is 0 Å². The Kier molecular flexibility index (Phi) is 3.42. The van der Waals surface area contributed by atoms with Crippen molar-refractivity contribution in [1.29, 1.82) is 0 Å². The van der Waals surface area contributed by atoms with Crippen LogP contribution in [0.15, 0.2) is 18.2 Å². The van der Waals surface area contributed by atoms with E-state index in [9.17, 15) is 0 Å². The smallest absolute Gasteiger partial charge is 0.0534 e. The first-order valence-corrected chi connectivity index (χ1v) is 4.45. The van der Waals surface area contributed by atoms with Crippen LogP contribution < -0.4 is 11.3 Å². The number of nitrogen functional groups attached to an aromatic ring is 1. The van der Waals surface area contributed by atoms with Gasteiger partial charge in [-0.3, -0.25) is 5.84 Å². The lowest BCUT2D eigenvalue weighted by molar-refractivity contribution is 1.12. The third-order valence-corrected chi connectivity index (χ3v) is 2.42. The fourth-order valence-electron chi connectivity index (χ4n) is 1.40. The highest BCUT2D eigenvalue weighted by atomic mass is 35.5. The Labute approximate surface area is 88.8 Å². The van der Waals surface area contributed by atoms with E-state index in [0.29, 0.717) is 5.92 Å². The van der Waals surface area contributed by atoms with Gasteiger partial charge in [-0.1, -0.05) is 17.7 Å². The van der Waals surface area contributed by atoms with Crippen LogP contribution in [-0.4, -0.2) is 0 Å². The molecule has 0 unspecified atom stereocenters. The van der Waals surface area contributed by atoms with Crippen molar-refractivity contribution in [2.75, 3.05) is 5.43 Å². The lowest BCUT2D eigenvalue weighted by atomic mass is 10.1. The summed E-state index contributed by atoms with van der Waals surface area (Å²) in [5.41, 5.74) is 4.93. The molecular formula is C9H12Cl2N2. The van der Waals surface area contributed by atoms with Crippen LogP contribution in [0.2, 0.25) is 5.02 Å². The highest BCUT2D eigenvalue weighted by molar-refractivity contribution is 6.30. The van der Waals surface area contributed by atoms with Crippen molar-refractivity contribution in [3.8, 4) is 0 Å². The Hall–Kier alpha value is -0.440. The molecule has 0 spiro atoms. The lowest BCUT2D eigenvalue weighted by Crippen LogP contribution is -2.08. The molecule has 72 valence electrons. The number of nitrogens with one attached hydrogen (secondary N) is 1. The molecule has 0 aliphatic heterocycles. The zero-order chi connectivity index (χ0) is 8.55. The van der Waals surface area contributed by atoms with E-state index in [4.69, 9.17) is 17.4 Å². The number of nitrogens with two attached hydrogens (primary N) is 1. The molecule has 2 nitrogen and oxygen atoms in total. The van der Waals surface area contributed by atoms with Crippen LogP contribution in [0.5, 0.6) is 0 Å². The molecule has 1 fully saturated rings. The van der Waals surface area contributed by atoms with Gasteiger partial charge in [0.15, 0.2) is 0 Å². The van der Waals surface area contributed by atoms with Gasteiger partial charge in [0.05, 0.1) is 5.69 Å². The first kappa shape index (κ1) is 10.6. The maximum absolute atomic E-state index is 5.83. The van der Waals surface area contributed by atoms with Crippen LogP contribution in [0.1, 0.15) is 24.3 Å². The molecule has 2 rings (SSSR count). The van der Waals surface area contributed by atoms with Crippen LogP contribution in [0, 0.1) is 0 Å². The average Bonchev–Trinajstić information content (AvgIpc) is 2.87. The van der Waals surface area contributed by atoms with Gasteiger partial charge < -0.3 is 5.43 Å². The number of hydrazine groups is 1. The van der Waals surface area contributed by atoms with Crippen molar-refractivity contribution >= 4 is 29.7 Å². The molecule has 1 aromatic carbocycles. The Morgan fingerprint density at radius 2 is 2.08 bits per heavy atom. The summed E-state index contributed by atoms with van der Waals surface area (Å²) in [5, 5.41) is 0.729. The summed E-state index contributed by atoms with van der Waals surface area (Å²) in [6.07, 6.45) is 2.55. The molecule has 1 saturated carbocycles. The molecule has 0 amide bonds. The van der Waals surface area contributed by atoms with E-state index in [-0.39, 0.29) is 12.4 Å². The van der Waals surface area contributed by atoms with Gasteiger partial charge in [0.25, 0.3) is 0 Å². The minimum absolute atomic E-state index is 0. The van der Waals surface area contributed by atoms with Crippen LogP contribution in [0.3, 0.4) is 0 Å². The number of anilines is 1. The van der Waals surface area contributed by atoms with Gasteiger partial charge in [0, 0.05) is 5.02 Å². The molecule has 0 radical (unpaired) electrons. The van der Waals surface area contributed by atoms with Crippen LogP contribution in [0.25, 0.3) is 0 Å². The summed E-state index contributed by atoms with van der Waals surface area (Å²) in [5.74, 6) is 6.08. The summed E-state index contributed by atoms with van der Waals surface area (Å²) in [4.78, 5) is 0. The number of hydrogen-bond acceptors (Lipinski definition) is 2. The minimum Gasteiger partial charge on any atom is -0.324 e. The van der Waals surface area contributed by atoms with Crippen molar-refractivity contribution in [2.24, 2.45) is 5.84 Å². The Morgan fingerprint density at radius 1 is 1.38 bits per heavy atom. The standard InChI is InChI=1S/C9H11ClN2.ClH/c10-7-3-4-8(6-1-2-6)9(5-7)12-11;/h3-6,12H,1-2,11H2;1H. The number of rotatable bonds is 2. The molecule has 3 N–H and O–H groups in total. The monoisotopic (exact) mass is 218 g/mol. The van der Waals surface area contributed by atoms with E-state index in [0.717, 1.165) is 10.7 Å². The fourth-order valence-corrected chi connectivity index (χ4v) is 1.58. The SMILES string of the molecule is Cl.NNc1cc(Cl)ccc1C1CC1. The van der Waals surface area contributed by atoms with Gasteiger partial charge in [0.1, 0.15) is 0 Å². The van der Waals surface area contributed by atoms with E-state index < -0.39 is 0 Å². The second-order valence-corrected chi connectivity index (χ2v) is 3.59. The predicted octanol–water partition coefficient (Wildman–Crippen LogP) is 2.92. The molecule has 0 aromatic heterocycles. The van der Waals surface area contributed by atoms with E-state index in [1.165, 1.54) is 18.4 Å². The van der Waals surface area contributed by atoms with Crippen LogP contribution in [-0.2, 0) is 0 Å². The Balaban J connectivity index is 0.000000845. The summed E-state index contributed by atoms with van der Waals surface area (Å²) < 4.78 is 0. The van der Waals surface area contributed by atoms with Crippen LogP contribution >= 0.6 is 24.0 Å². The summed E-state index contributed by atoms with van der Waals surface area (Å²) >= 11 is 5.83. The third-order valence-electron chi connectivity index (χ3n) is 2.19. The number of halogens is 2. The van der Waals surface area contributed by atoms with E-state index in [1.54, 1.807) is 0 Å². The predicted molar refractivity (Wildman–Crippen MR) is 58.5 cm³/mol. The first-order valence-electron chi connectivity index (χ1n) is 4.07. The summed E-state index contributed by atoms with van der Waals surface area (Å²) in [7, 11) is 0. The quantitative estimate of drug-likeness (QED) is 0.592. The van der Waals surface area contributed by atoms with Gasteiger partial charge in [-0.05, 0) is 36.5 Å². The van der Waals surface area contributed by atoms with Gasteiger partial charge in [-0.2, -0.15) is 0 Å². The van der Waals surface area contributed by atoms with Crippen molar-refractivity contribution in [2.45, 2.75) is 18.8 Å². The fraction of sp³-hybridized carbons (Fsp3) is 0.333. The maximum Gasteiger partial charge on any atom is 0.0534 e. The summed E-state index contributed by atoms with van der Waals surface area (Å²) in [6, 6.07) is 5.83. The van der Waals surface area contributed by atoms with E-state index in [1.807, 2.05) is 12.1 Å². The molecule has 4 heteroatoms. The molecular weight excluding hydrogens is 207 g/mol. The average molecular weight is 219 g/mol. The normalized spacial score (nSPS) is 14.9. The topological polar surface area (TPSA) is 38.0 Å². The largest absolute Gasteiger partial charge is 0.324 e. The first-order chi connectivity index (χ1) is 5.81. The second kappa shape index (κ2) is 4.18.